The topological polar surface area (TPSA) is 52.0 Å². The summed E-state index contributed by atoms with van der Waals surface area (Å²) < 4.78 is 0. The fourth-order valence-corrected chi connectivity index (χ4v) is 0.430. The average Bonchev–Trinajstić information content (AvgIpc) is 1.72. The van der Waals surface area contributed by atoms with Gasteiger partial charge in [-0.1, -0.05) is 13.3 Å². The third-order valence-electron chi connectivity index (χ3n) is 1.24. The van der Waals surface area contributed by atoms with Crippen molar-refractivity contribution in [3.63, 3.8) is 0 Å². The Morgan fingerprint density at radius 1 is 1.11 bits per heavy atom. The molecule has 0 amide bonds. The van der Waals surface area contributed by atoms with Crippen molar-refractivity contribution in [1.82, 2.24) is 0 Å². The van der Waals surface area contributed by atoms with E-state index in [0.717, 1.165) is 19.5 Å². The lowest BCUT2D eigenvalue weighted by Crippen LogP contribution is -2.21. The van der Waals surface area contributed by atoms with Gasteiger partial charge in [0.05, 0.1) is 0 Å². The molecule has 0 heterocycles. The summed E-state index contributed by atoms with van der Waals surface area (Å²) in [5.74, 6) is 0.542. The van der Waals surface area contributed by atoms with Gasteiger partial charge in [0.25, 0.3) is 0 Å². The van der Waals surface area contributed by atoms with E-state index in [2.05, 4.69) is 6.92 Å². The fraction of sp³-hybridized carbons (Fsp3) is 1.00. The molecule has 0 aliphatic carbocycles. The van der Waals surface area contributed by atoms with E-state index in [4.69, 9.17) is 11.5 Å². The van der Waals surface area contributed by atoms with E-state index in [1.54, 1.807) is 0 Å². The molecule has 60 valence electrons. The van der Waals surface area contributed by atoms with Crippen LogP contribution in [0.25, 0.3) is 0 Å². The third-order valence-corrected chi connectivity index (χ3v) is 1.24. The number of nitrogens with two attached hydrogens (primary N) is 2. The molecule has 9 heavy (non-hydrogen) atoms. The molecule has 0 saturated heterocycles. The Hall–Kier alpha value is 0.500. The van der Waals surface area contributed by atoms with Crippen molar-refractivity contribution in [2.24, 2.45) is 17.4 Å². The van der Waals surface area contributed by atoms with E-state index in [1.165, 1.54) is 0 Å². The maximum Gasteiger partial charge on any atom is -0.00369 e. The van der Waals surface area contributed by atoms with Gasteiger partial charge < -0.3 is 11.5 Å². The summed E-state index contributed by atoms with van der Waals surface area (Å²) in [5, 5.41) is 0. The molecule has 0 fully saturated rings. The Morgan fingerprint density at radius 3 is 1.44 bits per heavy atom. The molecule has 2 nitrogen and oxygen atoms in total. The van der Waals surface area contributed by atoms with Crippen molar-refractivity contribution in [2.75, 3.05) is 13.1 Å². The Bertz CT molecular complexity index is 34.4. The molecule has 0 bridgehead atoms. The van der Waals surface area contributed by atoms with Crippen molar-refractivity contribution in [1.29, 1.82) is 0 Å². The van der Waals surface area contributed by atoms with Gasteiger partial charge >= 0.3 is 0 Å². The fourth-order valence-electron chi connectivity index (χ4n) is 0.430. The SMILES string of the molecule is CCC(CN)CN.Cl.Cl. The lowest BCUT2D eigenvalue weighted by Gasteiger charge is -2.05. The molecule has 0 aromatic carbocycles. The number of hydrogen-bond donors (Lipinski definition) is 2. The van der Waals surface area contributed by atoms with Crippen LogP contribution in [0.3, 0.4) is 0 Å². The second-order valence-electron chi connectivity index (χ2n) is 1.75. The number of halogens is 2. The summed E-state index contributed by atoms with van der Waals surface area (Å²) in [4.78, 5) is 0. The molecule has 4 N–H and O–H groups in total. The summed E-state index contributed by atoms with van der Waals surface area (Å²) in [6.07, 6.45) is 1.10. The zero-order chi connectivity index (χ0) is 5.70. The molecule has 0 aliphatic rings. The molecule has 0 spiro atoms. The monoisotopic (exact) mass is 174 g/mol. The van der Waals surface area contributed by atoms with E-state index < -0.39 is 0 Å². The van der Waals surface area contributed by atoms with Crippen molar-refractivity contribution < 1.29 is 0 Å². The number of hydrogen-bond acceptors (Lipinski definition) is 2. The molecule has 0 unspecified atom stereocenters. The summed E-state index contributed by atoms with van der Waals surface area (Å²) in [7, 11) is 0. The maximum atomic E-state index is 5.31. The van der Waals surface area contributed by atoms with Gasteiger partial charge in [0.2, 0.25) is 0 Å². The second kappa shape index (κ2) is 11.3. The van der Waals surface area contributed by atoms with Gasteiger partial charge in [0.15, 0.2) is 0 Å². The molecule has 0 saturated carbocycles. The van der Waals surface area contributed by atoms with E-state index in [1.807, 2.05) is 0 Å². The maximum absolute atomic E-state index is 5.31. The standard InChI is InChI=1S/C5H14N2.2ClH/c1-2-5(3-6)4-7;;/h5H,2-4,6-7H2,1H3;2*1H. The highest BCUT2D eigenvalue weighted by atomic mass is 35.5. The summed E-state index contributed by atoms with van der Waals surface area (Å²) in [6, 6.07) is 0. The van der Waals surface area contributed by atoms with Crippen LogP contribution < -0.4 is 11.5 Å². The van der Waals surface area contributed by atoms with Crippen molar-refractivity contribution in [2.45, 2.75) is 13.3 Å². The first-order valence-corrected chi connectivity index (χ1v) is 2.75. The van der Waals surface area contributed by atoms with Crippen LogP contribution in [0, 0.1) is 5.92 Å². The largest absolute Gasteiger partial charge is 0.330 e. The van der Waals surface area contributed by atoms with Crippen LogP contribution in [0.4, 0.5) is 0 Å². The van der Waals surface area contributed by atoms with Gasteiger partial charge in [0, 0.05) is 0 Å². The molecular formula is C5H16Cl2N2. The Morgan fingerprint density at radius 2 is 1.44 bits per heavy atom. The van der Waals surface area contributed by atoms with Crippen LogP contribution in [0.5, 0.6) is 0 Å². The Balaban J connectivity index is -0.000000180. The van der Waals surface area contributed by atoms with E-state index in [0.29, 0.717) is 5.92 Å². The highest BCUT2D eigenvalue weighted by molar-refractivity contribution is 5.85. The Kier molecular flexibility index (Phi) is 20.4. The van der Waals surface area contributed by atoms with Crippen LogP contribution in [0.2, 0.25) is 0 Å². The first-order chi connectivity index (χ1) is 3.35. The molecule has 0 atom stereocenters. The van der Waals surface area contributed by atoms with E-state index in [-0.39, 0.29) is 24.8 Å². The van der Waals surface area contributed by atoms with Crippen molar-refractivity contribution in [3.05, 3.63) is 0 Å². The zero-order valence-corrected chi connectivity index (χ0v) is 7.30. The third kappa shape index (κ3) is 8.50. The molecule has 0 radical (unpaired) electrons. The minimum Gasteiger partial charge on any atom is -0.330 e. The van der Waals surface area contributed by atoms with Crippen LogP contribution >= 0.6 is 24.8 Å². The molecular weight excluding hydrogens is 159 g/mol. The van der Waals surface area contributed by atoms with Gasteiger partial charge in [-0.3, -0.25) is 0 Å². The van der Waals surface area contributed by atoms with Gasteiger partial charge in [-0.05, 0) is 19.0 Å². The first-order valence-electron chi connectivity index (χ1n) is 2.75. The lowest BCUT2D eigenvalue weighted by molar-refractivity contribution is 0.533. The average molecular weight is 175 g/mol. The molecule has 0 aromatic rings. The van der Waals surface area contributed by atoms with Gasteiger partial charge in [-0.25, -0.2) is 0 Å². The zero-order valence-electron chi connectivity index (χ0n) is 5.67. The van der Waals surface area contributed by atoms with Crippen molar-refractivity contribution >= 4 is 24.8 Å². The highest BCUT2D eigenvalue weighted by Gasteiger charge is 1.96. The molecule has 4 heteroatoms. The molecule has 0 aromatic heterocycles. The molecule has 0 rings (SSSR count). The van der Waals surface area contributed by atoms with Crippen LogP contribution in [0.15, 0.2) is 0 Å². The van der Waals surface area contributed by atoms with Crippen molar-refractivity contribution in [3.8, 4) is 0 Å². The smallest absolute Gasteiger partial charge is 0.00369 e. The highest BCUT2D eigenvalue weighted by Crippen LogP contribution is 1.93. The van der Waals surface area contributed by atoms with Gasteiger partial charge in [-0.15, -0.1) is 24.8 Å². The predicted octanol–water partition coefficient (Wildman–Crippen LogP) is 0.774. The van der Waals surface area contributed by atoms with E-state index in [9.17, 15) is 0 Å². The van der Waals surface area contributed by atoms with Crippen LogP contribution in [-0.2, 0) is 0 Å². The summed E-state index contributed by atoms with van der Waals surface area (Å²) >= 11 is 0. The van der Waals surface area contributed by atoms with Gasteiger partial charge in [-0.2, -0.15) is 0 Å². The molecule has 0 aliphatic heterocycles. The normalized spacial score (nSPS) is 8.00. The van der Waals surface area contributed by atoms with Gasteiger partial charge in [0.1, 0.15) is 0 Å². The quantitative estimate of drug-likeness (QED) is 0.665. The minimum absolute atomic E-state index is 0. The summed E-state index contributed by atoms with van der Waals surface area (Å²) in [6.45, 7) is 3.56. The lowest BCUT2D eigenvalue weighted by atomic mass is 10.1. The summed E-state index contributed by atoms with van der Waals surface area (Å²) in [5.41, 5.74) is 10.6. The van der Waals surface area contributed by atoms with Crippen LogP contribution in [0.1, 0.15) is 13.3 Å². The minimum atomic E-state index is 0. The Labute approximate surface area is 69.2 Å². The number of rotatable bonds is 3. The second-order valence-corrected chi connectivity index (χ2v) is 1.75. The predicted molar refractivity (Wildman–Crippen MR) is 46.4 cm³/mol. The van der Waals surface area contributed by atoms with Crippen LogP contribution in [-0.4, -0.2) is 13.1 Å². The first kappa shape index (κ1) is 16.2. The van der Waals surface area contributed by atoms with E-state index >= 15 is 0 Å².